The predicted molar refractivity (Wildman–Crippen MR) is 85.0 cm³/mol. The standard InChI is InChI=1S/C15H22N6O.ClH/c22-13(12-1-2-16-12)19-14-4-10-3-11(5-14)7-15(6-10,8-14)21-18-9-17-20-21;/h9-12,16H,1-8H2,(H,19,22);1H. The first-order valence-corrected chi connectivity index (χ1v) is 8.45. The minimum absolute atomic E-state index is 0. The number of carbonyl (C=O) groups is 1. The van der Waals surface area contributed by atoms with Gasteiger partial charge in [-0.1, -0.05) is 0 Å². The van der Waals surface area contributed by atoms with Gasteiger partial charge in [-0.3, -0.25) is 4.79 Å². The highest BCUT2D eigenvalue weighted by Gasteiger charge is 2.60. The number of tetrazole rings is 1. The summed E-state index contributed by atoms with van der Waals surface area (Å²) in [5.41, 5.74) is -0.0764. The molecular weight excluding hydrogens is 316 g/mol. The van der Waals surface area contributed by atoms with E-state index in [4.69, 9.17) is 0 Å². The average molecular weight is 339 g/mol. The van der Waals surface area contributed by atoms with E-state index in [-0.39, 0.29) is 35.4 Å². The Morgan fingerprint density at radius 1 is 1.26 bits per heavy atom. The largest absolute Gasteiger partial charge is 0.349 e. The van der Waals surface area contributed by atoms with Crippen LogP contribution in [0, 0.1) is 11.8 Å². The molecule has 1 aromatic heterocycles. The van der Waals surface area contributed by atoms with Crippen molar-refractivity contribution in [3.63, 3.8) is 0 Å². The Morgan fingerprint density at radius 2 is 2.00 bits per heavy atom. The molecule has 8 heteroatoms. The zero-order valence-corrected chi connectivity index (χ0v) is 13.9. The summed E-state index contributed by atoms with van der Waals surface area (Å²) in [7, 11) is 0. The molecule has 7 nitrogen and oxygen atoms in total. The van der Waals surface area contributed by atoms with Crippen molar-refractivity contribution in [3.05, 3.63) is 6.33 Å². The van der Waals surface area contributed by atoms with Gasteiger partial charge in [0.15, 0.2) is 6.33 Å². The molecule has 1 aliphatic heterocycles. The lowest BCUT2D eigenvalue weighted by Gasteiger charge is -2.61. The van der Waals surface area contributed by atoms with Crippen molar-refractivity contribution in [2.45, 2.75) is 62.1 Å². The third-order valence-corrected chi connectivity index (χ3v) is 6.33. The zero-order chi connectivity index (χ0) is 14.8. The fourth-order valence-electron chi connectivity index (χ4n) is 5.84. The van der Waals surface area contributed by atoms with Gasteiger partial charge in [-0.05, 0) is 68.5 Å². The van der Waals surface area contributed by atoms with Crippen molar-refractivity contribution in [1.29, 1.82) is 0 Å². The molecule has 0 radical (unpaired) electrons. The fourth-order valence-corrected chi connectivity index (χ4v) is 5.84. The molecule has 23 heavy (non-hydrogen) atoms. The molecule has 0 aromatic carbocycles. The van der Waals surface area contributed by atoms with Crippen molar-refractivity contribution in [3.8, 4) is 0 Å². The molecule has 0 spiro atoms. The van der Waals surface area contributed by atoms with Gasteiger partial charge < -0.3 is 10.6 Å². The molecular formula is C15H23ClN6O. The maximum absolute atomic E-state index is 12.5. The van der Waals surface area contributed by atoms with Crippen LogP contribution in [0.5, 0.6) is 0 Å². The van der Waals surface area contributed by atoms with E-state index in [2.05, 4.69) is 26.0 Å². The highest BCUT2D eigenvalue weighted by atomic mass is 35.5. The number of aromatic nitrogens is 4. The summed E-state index contributed by atoms with van der Waals surface area (Å²) in [5.74, 6) is 1.55. The lowest BCUT2D eigenvalue weighted by molar-refractivity contribution is -0.134. The number of nitrogens with zero attached hydrogens (tertiary/aromatic N) is 4. The van der Waals surface area contributed by atoms with Gasteiger partial charge in [-0.2, -0.15) is 4.80 Å². The molecule has 1 amide bonds. The van der Waals surface area contributed by atoms with Gasteiger partial charge in [-0.25, -0.2) is 0 Å². The van der Waals surface area contributed by atoms with Gasteiger partial charge in [0.1, 0.15) is 0 Å². The highest BCUT2D eigenvalue weighted by molar-refractivity contribution is 5.85. The number of amides is 1. The number of carbonyl (C=O) groups excluding carboxylic acids is 1. The molecule has 6 rings (SSSR count). The van der Waals surface area contributed by atoms with Crippen LogP contribution < -0.4 is 10.6 Å². The Morgan fingerprint density at radius 3 is 2.57 bits per heavy atom. The van der Waals surface area contributed by atoms with Gasteiger partial charge in [-0.15, -0.1) is 22.6 Å². The van der Waals surface area contributed by atoms with Gasteiger partial charge in [0, 0.05) is 5.54 Å². The Labute approximate surface area is 141 Å². The number of halogens is 1. The van der Waals surface area contributed by atoms with Crippen molar-refractivity contribution in [2.24, 2.45) is 11.8 Å². The van der Waals surface area contributed by atoms with Crippen LogP contribution >= 0.6 is 12.4 Å². The van der Waals surface area contributed by atoms with E-state index in [1.807, 2.05) is 4.80 Å². The second-order valence-corrected chi connectivity index (χ2v) is 7.98. The molecule has 2 heterocycles. The van der Waals surface area contributed by atoms with E-state index < -0.39 is 0 Å². The summed E-state index contributed by atoms with van der Waals surface area (Å²) in [4.78, 5) is 14.3. The van der Waals surface area contributed by atoms with Crippen LogP contribution in [0.1, 0.15) is 44.9 Å². The van der Waals surface area contributed by atoms with Crippen LogP contribution in [0.25, 0.3) is 0 Å². The predicted octanol–water partition coefficient (Wildman–Crippen LogP) is 0.621. The molecule has 4 saturated carbocycles. The lowest BCUT2D eigenvalue weighted by Crippen LogP contribution is -2.68. The number of nitrogens with one attached hydrogen (secondary N) is 2. The maximum Gasteiger partial charge on any atom is 0.237 e. The molecule has 3 atom stereocenters. The number of hydrogen-bond acceptors (Lipinski definition) is 5. The average Bonchev–Trinajstić information content (AvgIpc) is 2.87. The summed E-state index contributed by atoms with van der Waals surface area (Å²) in [5, 5.41) is 19.1. The number of rotatable bonds is 3. The molecule has 4 bridgehead atoms. The van der Waals surface area contributed by atoms with E-state index in [0.29, 0.717) is 11.8 Å². The minimum Gasteiger partial charge on any atom is -0.349 e. The summed E-state index contributed by atoms with van der Waals surface area (Å²) >= 11 is 0. The Balaban J connectivity index is 0.00000135. The van der Waals surface area contributed by atoms with Crippen molar-refractivity contribution < 1.29 is 4.79 Å². The van der Waals surface area contributed by atoms with Gasteiger partial charge >= 0.3 is 0 Å². The molecule has 4 aliphatic carbocycles. The fraction of sp³-hybridized carbons (Fsp3) is 0.867. The third kappa shape index (κ3) is 2.28. The van der Waals surface area contributed by atoms with Crippen LogP contribution in [0.15, 0.2) is 6.33 Å². The summed E-state index contributed by atoms with van der Waals surface area (Å²) in [6.45, 7) is 0.961. The SMILES string of the molecule is Cl.O=C(NC12CC3CC(C1)CC(n1ncnn1)(C3)C2)C1CCN1. The smallest absolute Gasteiger partial charge is 0.237 e. The Bertz CT molecular complexity index is 587. The van der Waals surface area contributed by atoms with E-state index in [1.165, 1.54) is 12.7 Å². The summed E-state index contributed by atoms with van der Waals surface area (Å²) in [6.07, 6.45) is 9.28. The first-order chi connectivity index (χ1) is 10.7. The molecule has 3 unspecified atom stereocenters. The third-order valence-electron chi connectivity index (χ3n) is 6.33. The minimum atomic E-state index is -0.0495. The van der Waals surface area contributed by atoms with Crippen LogP contribution in [0.2, 0.25) is 0 Å². The second kappa shape index (κ2) is 5.14. The molecule has 126 valence electrons. The van der Waals surface area contributed by atoms with Crippen LogP contribution in [-0.4, -0.2) is 44.2 Å². The normalized spacial score (nSPS) is 43.6. The first-order valence-electron chi connectivity index (χ1n) is 8.45. The Hall–Kier alpha value is -1.21. The van der Waals surface area contributed by atoms with E-state index in [9.17, 15) is 4.79 Å². The van der Waals surface area contributed by atoms with Gasteiger partial charge in [0.2, 0.25) is 5.91 Å². The van der Waals surface area contributed by atoms with E-state index in [1.54, 1.807) is 0 Å². The van der Waals surface area contributed by atoms with Gasteiger partial charge in [0.05, 0.1) is 11.6 Å². The molecule has 5 aliphatic rings. The first kappa shape index (κ1) is 15.3. The van der Waals surface area contributed by atoms with Crippen LogP contribution in [-0.2, 0) is 10.3 Å². The highest BCUT2D eigenvalue weighted by Crippen LogP contribution is 2.60. The number of hydrogen-bond donors (Lipinski definition) is 2. The van der Waals surface area contributed by atoms with E-state index in [0.717, 1.165) is 45.1 Å². The summed E-state index contributed by atoms with van der Waals surface area (Å²) in [6, 6.07) is 0.0217. The molecule has 2 N–H and O–H groups in total. The van der Waals surface area contributed by atoms with Crippen molar-refractivity contribution in [1.82, 2.24) is 30.8 Å². The molecule has 1 saturated heterocycles. The molecule has 1 aromatic rings. The quantitative estimate of drug-likeness (QED) is 0.844. The lowest BCUT2D eigenvalue weighted by atomic mass is 9.50. The van der Waals surface area contributed by atoms with Crippen LogP contribution in [0.3, 0.4) is 0 Å². The summed E-state index contributed by atoms with van der Waals surface area (Å²) < 4.78 is 0. The zero-order valence-electron chi connectivity index (χ0n) is 13.1. The maximum atomic E-state index is 12.5. The second-order valence-electron chi connectivity index (χ2n) is 7.98. The topological polar surface area (TPSA) is 84.7 Å². The monoisotopic (exact) mass is 338 g/mol. The van der Waals surface area contributed by atoms with Crippen molar-refractivity contribution >= 4 is 18.3 Å². The van der Waals surface area contributed by atoms with Gasteiger partial charge in [0.25, 0.3) is 0 Å². The van der Waals surface area contributed by atoms with Crippen LogP contribution in [0.4, 0.5) is 0 Å². The Kier molecular flexibility index (Phi) is 3.43. The molecule has 5 fully saturated rings. The van der Waals surface area contributed by atoms with Crippen molar-refractivity contribution in [2.75, 3.05) is 6.54 Å². The van der Waals surface area contributed by atoms with E-state index >= 15 is 0 Å².